The lowest BCUT2D eigenvalue weighted by Crippen LogP contribution is -2.51. The van der Waals surface area contributed by atoms with Crippen LogP contribution in [0.3, 0.4) is 0 Å². The van der Waals surface area contributed by atoms with Crippen LogP contribution in [0.1, 0.15) is 17.5 Å². The highest BCUT2D eigenvalue weighted by molar-refractivity contribution is 6.04. The van der Waals surface area contributed by atoms with Gasteiger partial charge in [-0.15, -0.1) is 12.3 Å². The molecule has 0 unspecified atom stereocenters. The van der Waals surface area contributed by atoms with Gasteiger partial charge in [-0.25, -0.2) is 9.37 Å². The molecule has 0 saturated carbocycles. The molecule has 1 amide bonds. The molecular formula is C22H22FN7O. The lowest BCUT2D eigenvalue weighted by atomic mass is 10.1. The number of nitrogens with zero attached hydrogens (tertiary/aromatic N) is 6. The number of nitrogens with one attached hydrogen (secondary N) is 1. The lowest BCUT2D eigenvalue weighted by Gasteiger charge is -2.37. The third-order valence-corrected chi connectivity index (χ3v) is 5.23. The van der Waals surface area contributed by atoms with Crippen molar-refractivity contribution in [2.45, 2.75) is 25.6 Å². The van der Waals surface area contributed by atoms with Crippen LogP contribution in [0.25, 0.3) is 0 Å². The number of likely N-dealkylation sites (N-methyl/N-ethyl adjacent to an activating group) is 2. The van der Waals surface area contributed by atoms with Crippen LogP contribution in [0.5, 0.6) is 0 Å². The van der Waals surface area contributed by atoms with E-state index < -0.39 is 6.04 Å². The van der Waals surface area contributed by atoms with Crippen LogP contribution < -0.4 is 15.1 Å². The van der Waals surface area contributed by atoms with Gasteiger partial charge in [0.25, 0.3) is 5.91 Å². The summed E-state index contributed by atoms with van der Waals surface area (Å²) in [7, 11) is 3.51. The van der Waals surface area contributed by atoms with Crippen molar-refractivity contribution < 1.29 is 9.18 Å². The first-order chi connectivity index (χ1) is 15.0. The van der Waals surface area contributed by atoms with Crippen molar-refractivity contribution in [1.29, 1.82) is 0 Å². The van der Waals surface area contributed by atoms with Crippen LogP contribution in [-0.4, -0.2) is 45.8 Å². The summed E-state index contributed by atoms with van der Waals surface area (Å²) < 4.78 is 14.8. The van der Waals surface area contributed by atoms with Crippen LogP contribution in [-0.2, 0) is 17.9 Å². The van der Waals surface area contributed by atoms with Gasteiger partial charge in [-0.3, -0.25) is 9.48 Å². The molecule has 9 heteroatoms. The van der Waals surface area contributed by atoms with Crippen LogP contribution in [0.15, 0.2) is 42.9 Å². The maximum Gasteiger partial charge on any atom is 0.250 e. The molecule has 3 aromatic rings. The van der Waals surface area contributed by atoms with E-state index in [0.717, 1.165) is 11.1 Å². The Morgan fingerprint density at radius 3 is 2.71 bits per heavy atom. The zero-order valence-corrected chi connectivity index (χ0v) is 17.3. The predicted molar refractivity (Wildman–Crippen MR) is 116 cm³/mol. The minimum absolute atomic E-state index is 0.0779. The van der Waals surface area contributed by atoms with E-state index in [4.69, 9.17) is 6.42 Å². The second kappa shape index (κ2) is 8.44. The van der Waals surface area contributed by atoms with Crippen molar-refractivity contribution in [2.75, 3.05) is 29.2 Å². The number of carbonyl (C=O) groups excluding carboxylic acids is 1. The lowest BCUT2D eigenvalue weighted by molar-refractivity contribution is -0.119. The third kappa shape index (κ3) is 4.19. The first kappa shape index (κ1) is 20.3. The molecule has 1 aromatic carbocycles. The van der Waals surface area contributed by atoms with Gasteiger partial charge >= 0.3 is 0 Å². The van der Waals surface area contributed by atoms with Gasteiger partial charge < -0.3 is 15.1 Å². The van der Waals surface area contributed by atoms with E-state index in [1.165, 1.54) is 12.1 Å². The van der Waals surface area contributed by atoms with Crippen molar-refractivity contribution in [2.24, 2.45) is 0 Å². The summed E-state index contributed by atoms with van der Waals surface area (Å²) in [6.45, 7) is 1.03. The predicted octanol–water partition coefficient (Wildman–Crippen LogP) is 2.28. The molecule has 1 aliphatic heterocycles. The average molecular weight is 419 g/mol. The topological polar surface area (TPSA) is 79.2 Å². The standard InChI is InChI=1S/C22H22FN7O/c1-4-5-18-21(31)29(3)19-12-25-22(27-20(19)28(18)2)24-10-16-11-26-30(14-16)13-15-6-8-17(23)9-7-15/h1,6-9,11-12,14,18H,5,10,13H2,2-3H3,(H,24,25,27)/t18-/m0/s1. The van der Waals surface area contributed by atoms with Crippen molar-refractivity contribution >= 4 is 23.4 Å². The summed E-state index contributed by atoms with van der Waals surface area (Å²) >= 11 is 0. The van der Waals surface area contributed by atoms with E-state index in [1.54, 1.807) is 46.1 Å². The van der Waals surface area contributed by atoms with E-state index in [1.807, 2.05) is 13.2 Å². The fourth-order valence-electron chi connectivity index (χ4n) is 3.48. The van der Waals surface area contributed by atoms with Crippen LogP contribution in [0.4, 0.5) is 21.8 Å². The number of fused-ring (bicyclic) bond motifs is 1. The monoisotopic (exact) mass is 419 g/mol. The smallest absolute Gasteiger partial charge is 0.250 e. The normalized spacial score (nSPS) is 15.5. The van der Waals surface area contributed by atoms with Gasteiger partial charge in [-0.1, -0.05) is 12.1 Å². The van der Waals surface area contributed by atoms with Gasteiger partial charge in [-0.2, -0.15) is 10.1 Å². The molecule has 0 aliphatic carbocycles. The Morgan fingerprint density at radius 1 is 1.19 bits per heavy atom. The molecule has 1 atom stereocenters. The fraction of sp³-hybridized carbons (Fsp3) is 0.273. The molecule has 1 aliphatic rings. The zero-order chi connectivity index (χ0) is 22.0. The molecule has 31 heavy (non-hydrogen) atoms. The van der Waals surface area contributed by atoms with Crippen molar-refractivity contribution in [3.8, 4) is 12.3 Å². The van der Waals surface area contributed by atoms with Gasteiger partial charge in [0.1, 0.15) is 17.5 Å². The molecule has 3 heterocycles. The zero-order valence-electron chi connectivity index (χ0n) is 17.3. The summed E-state index contributed by atoms with van der Waals surface area (Å²) in [5, 5.41) is 7.54. The number of anilines is 3. The Morgan fingerprint density at radius 2 is 1.97 bits per heavy atom. The molecule has 158 valence electrons. The SMILES string of the molecule is C#CC[C@H]1C(=O)N(C)c2cnc(NCc3cnn(Cc4ccc(F)cc4)c3)nc2N1C. The number of terminal acetylenes is 1. The maximum absolute atomic E-state index is 13.0. The van der Waals surface area contributed by atoms with Crippen molar-refractivity contribution in [1.82, 2.24) is 19.7 Å². The number of halogens is 1. The second-order valence-electron chi connectivity index (χ2n) is 7.36. The molecule has 0 radical (unpaired) electrons. The molecular weight excluding hydrogens is 397 g/mol. The van der Waals surface area contributed by atoms with Gasteiger partial charge in [0.05, 0.1) is 18.9 Å². The average Bonchev–Trinajstić information content (AvgIpc) is 3.22. The highest BCUT2D eigenvalue weighted by Crippen LogP contribution is 2.33. The van der Waals surface area contributed by atoms with Gasteiger partial charge in [0, 0.05) is 38.8 Å². The number of carbonyl (C=O) groups is 1. The Labute approximate surface area is 179 Å². The Bertz CT molecular complexity index is 1140. The molecule has 0 bridgehead atoms. The van der Waals surface area contributed by atoms with Crippen LogP contribution in [0.2, 0.25) is 0 Å². The van der Waals surface area contributed by atoms with Gasteiger partial charge in [-0.05, 0) is 17.7 Å². The Kier molecular flexibility index (Phi) is 5.54. The Hall–Kier alpha value is -3.93. The second-order valence-corrected chi connectivity index (χ2v) is 7.36. The number of benzene rings is 1. The molecule has 2 aromatic heterocycles. The van der Waals surface area contributed by atoms with Crippen molar-refractivity contribution in [3.63, 3.8) is 0 Å². The fourth-order valence-corrected chi connectivity index (χ4v) is 3.48. The molecule has 8 nitrogen and oxygen atoms in total. The maximum atomic E-state index is 13.0. The number of hydrogen-bond donors (Lipinski definition) is 1. The third-order valence-electron chi connectivity index (χ3n) is 5.23. The summed E-state index contributed by atoms with van der Waals surface area (Å²) in [5.74, 6) is 3.31. The first-order valence-corrected chi connectivity index (χ1v) is 9.77. The minimum atomic E-state index is -0.449. The van der Waals surface area contributed by atoms with Gasteiger partial charge in [0.2, 0.25) is 5.95 Å². The van der Waals surface area contributed by atoms with Gasteiger partial charge in [0.15, 0.2) is 5.82 Å². The Balaban J connectivity index is 1.44. The highest BCUT2D eigenvalue weighted by Gasteiger charge is 2.35. The molecule has 0 saturated heterocycles. The largest absolute Gasteiger partial charge is 0.350 e. The molecule has 1 N–H and O–H groups in total. The van der Waals surface area contributed by atoms with E-state index in [9.17, 15) is 9.18 Å². The summed E-state index contributed by atoms with van der Waals surface area (Å²) in [4.78, 5) is 24.8. The van der Waals surface area contributed by atoms with Crippen LogP contribution in [0, 0.1) is 18.2 Å². The van der Waals surface area contributed by atoms with E-state index in [2.05, 4.69) is 26.3 Å². The number of aromatic nitrogens is 4. The number of amides is 1. The summed E-state index contributed by atoms with van der Waals surface area (Å²) in [6, 6.07) is 5.90. The van der Waals surface area contributed by atoms with Crippen LogP contribution >= 0.6 is 0 Å². The van der Waals surface area contributed by atoms with E-state index in [-0.39, 0.29) is 11.7 Å². The van der Waals surface area contributed by atoms with E-state index in [0.29, 0.717) is 37.0 Å². The van der Waals surface area contributed by atoms with E-state index >= 15 is 0 Å². The minimum Gasteiger partial charge on any atom is -0.350 e. The summed E-state index contributed by atoms with van der Waals surface area (Å²) in [5.41, 5.74) is 2.55. The van der Waals surface area contributed by atoms with Crippen molar-refractivity contribution in [3.05, 3.63) is 59.8 Å². The molecule has 4 rings (SSSR count). The molecule has 0 fully saturated rings. The number of hydrogen-bond acceptors (Lipinski definition) is 6. The summed E-state index contributed by atoms with van der Waals surface area (Å²) in [6.07, 6.45) is 11.0. The quantitative estimate of drug-likeness (QED) is 0.618. The molecule has 0 spiro atoms. The first-order valence-electron chi connectivity index (χ1n) is 9.77. The number of rotatable bonds is 6. The highest BCUT2D eigenvalue weighted by atomic mass is 19.1.